The summed E-state index contributed by atoms with van der Waals surface area (Å²) in [5, 5.41) is 11.3. The molecule has 0 bridgehead atoms. The van der Waals surface area contributed by atoms with Gasteiger partial charge in [-0.15, -0.1) is 0 Å². The minimum absolute atomic E-state index is 0.128. The summed E-state index contributed by atoms with van der Waals surface area (Å²) < 4.78 is 1.95. The molecule has 16 heavy (non-hydrogen) atoms. The number of aromatic nitrogens is 2. The molecule has 0 aromatic carbocycles. The van der Waals surface area contributed by atoms with E-state index in [4.69, 9.17) is 5.11 Å². The number of rotatable bonds is 6. The summed E-state index contributed by atoms with van der Waals surface area (Å²) in [7, 11) is 0. The normalized spacial score (nSPS) is 16.8. The van der Waals surface area contributed by atoms with Crippen LogP contribution in [0.1, 0.15) is 37.0 Å². The standard InChI is InChI=1S/C10H13N3O3/c14-6-12-8(3-10(15)16)9-4-11-5-13(9)7-1-2-7/h4-8H,1-3H2,(H,12,14)(H,15,16)/t8-/m1/s1. The van der Waals surface area contributed by atoms with Gasteiger partial charge in [0, 0.05) is 6.04 Å². The number of imidazole rings is 1. The highest BCUT2D eigenvalue weighted by atomic mass is 16.4. The van der Waals surface area contributed by atoms with E-state index in [9.17, 15) is 9.59 Å². The summed E-state index contributed by atoms with van der Waals surface area (Å²) in [4.78, 5) is 25.2. The van der Waals surface area contributed by atoms with Gasteiger partial charge in [0.25, 0.3) is 0 Å². The van der Waals surface area contributed by atoms with Crippen molar-refractivity contribution < 1.29 is 14.7 Å². The Hall–Kier alpha value is -1.85. The van der Waals surface area contributed by atoms with Crippen LogP contribution >= 0.6 is 0 Å². The van der Waals surface area contributed by atoms with E-state index in [2.05, 4.69) is 10.3 Å². The number of hydrogen-bond donors (Lipinski definition) is 2. The Kier molecular flexibility index (Phi) is 2.89. The van der Waals surface area contributed by atoms with Crippen LogP contribution < -0.4 is 5.32 Å². The highest BCUT2D eigenvalue weighted by molar-refractivity contribution is 5.68. The largest absolute Gasteiger partial charge is 0.481 e. The third-order valence-corrected chi connectivity index (χ3v) is 2.64. The van der Waals surface area contributed by atoms with Crippen molar-refractivity contribution in [2.45, 2.75) is 31.3 Å². The molecule has 0 spiro atoms. The molecule has 0 unspecified atom stereocenters. The summed E-state index contributed by atoms with van der Waals surface area (Å²) >= 11 is 0. The van der Waals surface area contributed by atoms with E-state index >= 15 is 0 Å². The Bertz CT molecular complexity index is 398. The lowest BCUT2D eigenvalue weighted by Crippen LogP contribution is -2.24. The van der Waals surface area contributed by atoms with Crippen molar-refractivity contribution >= 4 is 12.4 Å². The zero-order valence-corrected chi connectivity index (χ0v) is 8.67. The van der Waals surface area contributed by atoms with Crippen LogP contribution in [0.4, 0.5) is 0 Å². The molecule has 1 aromatic heterocycles. The second kappa shape index (κ2) is 4.34. The fraction of sp³-hybridized carbons (Fsp3) is 0.500. The predicted octanol–water partition coefficient (Wildman–Crippen LogP) is 0.480. The van der Waals surface area contributed by atoms with E-state index < -0.39 is 12.0 Å². The minimum Gasteiger partial charge on any atom is -0.481 e. The van der Waals surface area contributed by atoms with E-state index in [1.165, 1.54) is 0 Å². The van der Waals surface area contributed by atoms with Crippen molar-refractivity contribution in [3.05, 3.63) is 18.2 Å². The number of amides is 1. The fourth-order valence-electron chi connectivity index (χ4n) is 1.75. The van der Waals surface area contributed by atoms with Crippen molar-refractivity contribution in [3.8, 4) is 0 Å². The van der Waals surface area contributed by atoms with Crippen LogP contribution in [0.5, 0.6) is 0 Å². The van der Waals surface area contributed by atoms with Gasteiger partial charge in [0.2, 0.25) is 6.41 Å². The van der Waals surface area contributed by atoms with E-state index in [0.717, 1.165) is 18.5 Å². The maximum atomic E-state index is 10.7. The second-order valence-corrected chi connectivity index (χ2v) is 3.89. The van der Waals surface area contributed by atoms with Gasteiger partial charge in [-0.25, -0.2) is 4.98 Å². The number of hydrogen-bond acceptors (Lipinski definition) is 3. The van der Waals surface area contributed by atoms with Crippen LogP contribution in [0.25, 0.3) is 0 Å². The van der Waals surface area contributed by atoms with Crippen LogP contribution in [-0.4, -0.2) is 27.0 Å². The van der Waals surface area contributed by atoms with Crippen LogP contribution in [0.2, 0.25) is 0 Å². The van der Waals surface area contributed by atoms with E-state index in [0.29, 0.717) is 12.5 Å². The lowest BCUT2D eigenvalue weighted by molar-refractivity contribution is -0.137. The van der Waals surface area contributed by atoms with Gasteiger partial charge in [0.1, 0.15) is 0 Å². The lowest BCUT2D eigenvalue weighted by Gasteiger charge is -2.15. The Morgan fingerprint density at radius 1 is 1.75 bits per heavy atom. The minimum atomic E-state index is -0.942. The smallest absolute Gasteiger partial charge is 0.305 e. The maximum Gasteiger partial charge on any atom is 0.305 e. The number of carboxylic acid groups (broad SMARTS) is 1. The predicted molar refractivity (Wildman–Crippen MR) is 54.7 cm³/mol. The van der Waals surface area contributed by atoms with Crippen molar-refractivity contribution in [3.63, 3.8) is 0 Å². The molecule has 2 rings (SSSR count). The molecule has 6 heteroatoms. The highest BCUT2D eigenvalue weighted by Crippen LogP contribution is 2.37. The third-order valence-electron chi connectivity index (χ3n) is 2.64. The zero-order valence-electron chi connectivity index (χ0n) is 8.67. The number of carboxylic acids is 1. The Labute approximate surface area is 92.3 Å². The summed E-state index contributed by atoms with van der Waals surface area (Å²) in [6.07, 6.45) is 5.88. The monoisotopic (exact) mass is 223 g/mol. The van der Waals surface area contributed by atoms with Gasteiger partial charge in [-0.2, -0.15) is 0 Å². The van der Waals surface area contributed by atoms with Crippen molar-refractivity contribution in [2.75, 3.05) is 0 Å². The van der Waals surface area contributed by atoms with Gasteiger partial charge in [-0.1, -0.05) is 0 Å². The summed E-state index contributed by atoms with van der Waals surface area (Å²) in [5.74, 6) is -0.942. The van der Waals surface area contributed by atoms with Gasteiger partial charge in [0.15, 0.2) is 0 Å². The first-order chi connectivity index (χ1) is 7.72. The first kappa shape index (κ1) is 10.7. The first-order valence-corrected chi connectivity index (χ1v) is 5.15. The van der Waals surface area contributed by atoms with Crippen molar-refractivity contribution in [2.24, 2.45) is 0 Å². The summed E-state index contributed by atoms with van der Waals surface area (Å²) in [6.45, 7) is 0. The second-order valence-electron chi connectivity index (χ2n) is 3.89. The first-order valence-electron chi connectivity index (χ1n) is 5.15. The molecule has 1 aliphatic carbocycles. The fourth-order valence-corrected chi connectivity index (χ4v) is 1.75. The number of carbonyl (C=O) groups is 2. The molecule has 0 radical (unpaired) electrons. The van der Waals surface area contributed by atoms with Crippen molar-refractivity contribution in [1.82, 2.24) is 14.9 Å². The molecule has 1 heterocycles. The molecule has 1 atom stereocenters. The number of aliphatic carboxylic acids is 1. The van der Waals surface area contributed by atoms with Gasteiger partial charge in [0.05, 0.1) is 30.7 Å². The molecule has 1 aliphatic rings. The number of nitrogens with one attached hydrogen (secondary N) is 1. The topological polar surface area (TPSA) is 84.2 Å². The quantitative estimate of drug-likeness (QED) is 0.687. The average Bonchev–Trinajstić information content (AvgIpc) is 2.95. The van der Waals surface area contributed by atoms with Gasteiger partial charge in [-0.05, 0) is 12.8 Å². The molecular weight excluding hydrogens is 210 g/mol. The van der Waals surface area contributed by atoms with Crippen molar-refractivity contribution in [1.29, 1.82) is 0 Å². The zero-order chi connectivity index (χ0) is 11.5. The van der Waals surface area contributed by atoms with E-state index in [-0.39, 0.29) is 6.42 Å². The average molecular weight is 223 g/mol. The number of carbonyl (C=O) groups excluding carboxylic acids is 1. The molecule has 1 amide bonds. The Morgan fingerprint density at radius 2 is 2.50 bits per heavy atom. The third kappa shape index (κ3) is 2.21. The van der Waals surface area contributed by atoms with Gasteiger partial charge in [-0.3, -0.25) is 9.59 Å². The lowest BCUT2D eigenvalue weighted by atomic mass is 10.1. The molecule has 0 saturated heterocycles. The van der Waals surface area contributed by atoms with E-state index in [1.54, 1.807) is 12.5 Å². The van der Waals surface area contributed by atoms with Crippen LogP contribution in [0, 0.1) is 0 Å². The molecule has 2 N–H and O–H groups in total. The molecule has 1 fully saturated rings. The Balaban J connectivity index is 2.19. The van der Waals surface area contributed by atoms with Gasteiger partial charge >= 0.3 is 5.97 Å². The molecule has 86 valence electrons. The molecule has 1 aromatic rings. The van der Waals surface area contributed by atoms with Crippen LogP contribution in [0.15, 0.2) is 12.5 Å². The van der Waals surface area contributed by atoms with Crippen LogP contribution in [0.3, 0.4) is 0 Å². The highest BCUT2D eigenvalue weighted by Gasteiger charge is 2.28. The summed E-state index contributed by atoms with van der Waals surface area (Å²) in [5.41, 5.74) is 0.761. The molecule has 1 saturated carbocycles. The Morgan fingerprint density at radius 3 is 3.06 bits per heavy atom. The SMILES string of the molecule is O=CN[C@H](CC(=O)O)c1cncn1C1CC1. The van der Waals surface area contributed by atoms with Crippen LogP contribution in [-0.2, 0) is 9.59 Å². The molecular formula is C10H13N3O3. The molecule has 6 nitrogen and oxygen atoms in total. The van der Waals surface area contributed by atoms with Gasteiger partial charge < -0.3 is 15.0 Å². The summed E-state index contributed by atoms with van der Waals surface area (Å²) in [6, 6.07) is -0.0830. The number of nitrogens with zero attached hydrogens (tertiary/aromatic N) is 2. The maximum absolute atomic E-state index is 10.7. The molecule has 0 aliphatic heterocycles. The van der Waals surface area contributed by atoms with E-state index in [1.807, 2.05) is 4.57 Å².